The third kappa shape index (κ3) is 6.37. The lowest BCUT2D eigenvalue weighted by molar-refractivity contribution is -0.120. The lowest BCUT2D eigenvalue weighted by atomic mass is 9.63. The van der Waals surface area contributed by atoms with Crippen molar-refractivity contribution in [3.8, 4) is 22.3 Å². The van der Waals surface area contributed by atoms with Crippen molar-refractivity contribution in [1.82, 2.24) is 10.3 Å². The van der Waals surface area contributed by atoms with E-state index in [-0.39, 0.29) is 17.9 Å². The molecule has 204 valence electrons. The summed E-state index contributed by atoms with van der Waals surface area (Å²) >= 11 is 0. The number of nitrogens with two attached hydrogens (primary N) is 1. The number of aromatic nitrogens is 1. The summed E-state index contributed by atoms with van der Waals surface area (Å²) < 4.78 is 0. The van der Waals surface area contributed by atoms with Crippen LogP contribution in [0.3, 0.4) is 0 Å². The summed E-state index contributed by atoms with van der Waals surface area (Å²) in [6, 6.07) is 20.4. The van der Waals surface area contributed by atoms with E-state index in [1.54, 1.807) is 6.92 Å². The van der Waals surface area contributed by atoms with Gasteiger partial charge in [-0.2, -0.15) is 0 Å². The number of carbonyl (C=O) groups excluding carboxylic acids is 2. The highest BCUT2D eigenvalue weighted by Crippen LogP contribution is 2.46. The van der Waals surface area contributed by atoms with Crippen molar-refractivity contribution in [1.29, 1.82) is 0 Å². The van der Waals surface area contributed by atoms with Crippen LogP contribution in [0.4, 0.5) is 5.82 Å². The fourth-order valence-electron chi connectivity index (χ4n) is 6.36. The van der Waals surface area contributed by atoms with Crippen LogP contribution in [-0.4, -0.2) is 33.5 Å². The van der Waals surface area contributed by atoms with E-state index in [0.29, 0.717) is 31.0 Å². The number of amides is 2. The highest BCUT2D eigenvalue weighted by Gasteiger charge is 2.49. The largest absolute Gasteiger partial charge is 0.390 e. The number of rotatable bonds is 7. The second-order valence-electron chi connectivity index (χ2n) is 11.7. The summed E-state index contributed by atoms with van der Waals surface area (Å²) in [6.45, 7) is 3.37. The van der Waals surface area contributed by atoms with Crippen LogP contribution in [0, 0.1) is 5.92 Å². The average molecular weight is 527 g/mol. The van der Waals surface area contributed by atoms with Gasteiger partial charge in [-0.25, -0.2) is 4.98 Å². The average Bonchev–Trinajstić information content (AvgIpc) is 2.89. The zero-order chi connectivity index (χ0) is 27.6. The lowest BCUT2D eigenvalue weighted by Crippen LogP contribution is -2.58. The first-order valence-corrected chi connectivity index (χ1v) is 13.8. The van der Waals surface area contributed by atoms with Gasteiger partial charge in [-0.1, -0.05) is 54.6 Å². The summed E-state index contributed by atoms with van der Waals surface area (Å²) in [5.41, 5.74) is 10.3. The molecule has 0 unspecified atom stereocenters. The van der Waals surface area contributed by atoms with Gasteiger partial charge in [0.15, 0.2) is 0 Å². The molecule has 2 aliphatic rings. The molecule has 0 saturated heterocycles. The molecule has 3 aromatic rings. The van der Waals surface area contributed by atoms with Crippen molar-refractivity contribution in [3.05, 3.63) is 72.4 Å². The third-order valence-electron chi connectivity index (χ3n) is 8.15. The zero-order valence-corrected chi connectivity index (χ0v) is 22.7. The van der Waals surface area contributed by atoms with Crippen LogP contribution in [-0.2, 0) is 15.1 Å². The van der Waals surface area contributed by atoms with Crippen LogP contribution >= 0.6 is 0 Å². The van der Waals surface area contributed by atoms with Crippen LogP contribution in [0.1, 0.15) is 64.4 Å². The van der Waals surface area contributed by atoms with Gasteiger partial charge in [0.25, 0.3) is 0 Å². The molecule has 2 saturated carbocycles. The highest BCUT2D eigenvalue weighted by atomic mass is 16.3. The molecule has 2 aromatic carbocycles. The molecule has 2 aliphatic carbocycles. The standard InChI is InChI=1S/C32H38N4O3/c1-21(37)35-26-14-8-22(9-15-26)16-30(38)36-29-17-27(23-6-4-3-5-7-23)28(18-34-29)24-10-12-25(13-11-24)32(33)19-31(2,39)20-32/h3-7,10-13,17-18,22,26,39H,8-9,14-16,19-20,33H2,1-2H3,(H,35,37)(H,34,36,38)/t22?,26?,31-,32-. The molecule has 1 aromatic heterocycles. The quantitative estimate of drug-likeness (QED) is 0.340. The van der Waals surface area contributed by atoms with Crippen LogP contribution < -0.4 is 16.4 Å². The molecule has 0 bridgehead atoms. The predicted octanol–water partition coefficient (Wildman–Crippen LogP) is 5.14. The summed E-state index contributed by atoms with van der Waals surface area (Å²) in [7, 11) is 0. The minimum Gasteiger partial charge on any atom is -0.390 e. The Morgan fingerprint density at radius 1 is 0.974 bits per heavy atom. The number of benzene rings is 2. The van der Waals surface area contributed by atoms with Gasteiger partial charge in [-0.05, 0) is 79.7 Å². The minimum absolute atomic E-state index is 0.00628. The molecule has 0 spiro atoms. The van der Waals surface area contributed by atoms with E-state index in [4.69, 9.17) is 5.73 Å². The first-order chi connectivity index (χ1) is 18.6. The van der Waals surface area contributed by atoms with Crippen molar-refractivity contribution in [2.75, 3.05) is 5.32 Å². The maximum absolute atomic E-state index is 12.9. The van der Waals surface area contributed by atoms with Crippen molar-refractivity contribution < 1.29 is 14.7 Å². The maximum Gasteiger partial charge on any atom is 0.225 e. The van der Waals surface area contributed by atoms with Crippen LogP contribution in [0.5, 0.6) is 0 Å². The topological polar surface area (TPSA) is 117 Å². The lowest BCUT2D eigenvalue weighted by Gasteiger charge is -2.49. The number of pyridine rings is 1. The molecule has 0 atom stereocenters. The molecule has 0 radical (unpaired) electrons. The number of carbonyl (C=O) groups is 2. The minimum atomic E-state index is -0.704. The monoisotopic (exact) mass is 526 g/mol. The SMILES string of the molecule is CC(=O)NC1CCC(CC(=O)Nc2cc(-c3ccccc3)c(-c3ccc([C@]4(N)C[C@](C)(O)C4)cc3)cn2)CC1. The number of aliphatic hydroxyl groups is 1. The Hall–Kier alpha value is -3.55. The normalized spacial score (nSPS) is 26.4. The first kappa shape index (κ1) is 27.0. The van der Waals surface area contributed by atoms with Crippen LogP contribution in [0.2, 0.25) is 0 Å². The second kappa shape index (κ2) is 10.9. The Morgan fingerprint density at radius 2 is 1.62 bits per heavy atom. The second-order valence-corrected chi connectivity index (χ2v) is 11.7. The Morgan fingerprint density at radius 3 is 2.23 bits per heavy atom. The van der Waals surface area contributed by atoms with E-state index in [1.807, 2.05) is 49.5 Å². The molecule has 5 rings (SSSR count). The van der Waals surface area contributed by atoms with E-state index >= 15 is 0 Å². The Labute approximate surface area is 230 Å². The molecule has 39 heavy (non-hydrogen) atoms. The van der Waals surface area contributed by atoms with Crippen LogP contribution in [0.15, 0.2) is 66.9 Å². The van der Waals surface area contributed by atoms with E-state index in [9.17, 15) is 14.7 Å². The highest BCUT2D eigenvalue weighted by molar-refractivity contribution is 5.92. The fraction of sp³-hybridized carbons (Fsp3) is 0.406. The van der Waals surface area contributed by atoms with Gasteiger partial charge >= 0.3 is 0 Å². The van der Waals surface area contributed by atoms with Gasteiger partial charge in [0, 0.05) is 36.7 Å². The molecule has 1 heterocycles. The third-order valence-corrected chi connectivity index (χ3v) is 8.15. The van der Waals surface area contributed by atoms with Gasteiger partial charge in [0.1, 0.15) is 5.82 Å². The number of hydrogen-bond acceptors (Lipinski definition) is 5. The van der Waals surface area contributed by atoms with Gasteiger partial charge in [0.2, 0.25) is 11.8 Å². The summed E-state index contributed by atoms with van der Waals surface area (Å²) in [5.74, 6) is 0.813. The van der Waals surface area contributed by atoms with Gasteiger partial charge < -0.3 is 21.5 Å². The molecular formula is C32H38N4O3. The zero-order valence-electron chi connectivity index (χ0n) is 22.7. The smallest absolute Gasteiger partial charge is 0.225 e. The molecule has 7 heteroatoms. The fourth-order valence-corrected chi connectivity index (χ4v) is 6.36. The predicted molar refractivity (Wildman–Crippen MR) is 154 cm³/mol. The van der Waals surface area contributed by atoms with Gasteiger partial charge in [-0.15, -0.1) is 0 Å². The summed E-state index contributed by atoms with van der Waals surface area (Å²) in [5, 5.41) is 16.2. The van der Waals surface area contributed by atoms with Crippen molar-refractivity contribution in [3.63, 3.8) is 0 Å². The number of nitrogens with one attached hydrogen (secondary N) is 2. The Bertz CT molecular complexity index is 1320. The van der Waals surface area contributed by atoms with Gasteiger partial charge in [-0.3, -0.25) is 9.59 Å². The van der Waals surface area contributed by atoms with E-state index < -0.39 is 11.1 Å². The van der Waals surface area contributed by atoms with Crippen molar-refractivity contribution in [2.45, 2.75) is 76.0 Å². The number of nitrogens with zero attached hydrogens (tertiary/aromatic N) is 1. The van der Waals surface area contributed by atoms with Crippen molar-refractivity contribution in [2.24, 2.45) is 11.7 Å². The molecule has 5 N–H and O–H groups in total. The number of anilines is 1. The van der Waals surface area contributed by atoms with E-state index in [0.717, 1.165) is 53.5 Å². The molecule has 2 amide bonds. The number of hydrogen-bond donors (Lipinski definition) is 4. The Balaban J connectivity index is 1.31. The summed E-state index contributed by atoms with van der Waals surface area (Å²) in [4.78, 5) is 28.8. The summed E-state index contributed by atoms with van der Waals surface area (Å²) in [6.07, 6.45) is 7.03. The van der Waals surface area contributed by atoms with E-state index in [2.05, 4.69) is 39.9 Å². The molecular weight excluding hydrogens is 488 g/mol. The molecule has 2 fully saturated rings. The van der Waals surface area contributed by atoms with Crippen molar-refractivity contribution >= 4 is 17.6 Å². The van der Waals surface area contributed by atoms with E-state index in [1.165, 1.54) is 0 Å². The molecule has 0 aliphatic heterocycles. The Kier molecular flexibility index (Phi) is 7.56. The van der Waals surface area contributed by atoms with Crippen LogP contribution in [0.25, 0.3) is 22.3 Å². The van der Waals surface area contributed by atoms with Gasteiger partial charge in [0.05, 0.1) is 5.60 Å². The maximum atomic E-state index is 12.9. The molecule has 7 nitrogen and oxygen atoms in total. The first-order valence-electron chi connectivity index (χ1n) is 13.8.